The molecule has 1 aromatic heterocycles. The second-order valence-electron chi connectivity index (χ2n) is 15.0. The summed E-state index contributed by atoms with van der Waals surface area (Å²) in [5.74, 6) is -1.63. The Balaban J connectivity index is 1.20. The number of halogens is 4. The molecule has 3 aromatic carbocycles. The van der Waals surface area contributed by atoms with Crippen molar-refractivity contribution in [3.05, 3.63) is 94.1 Å². The molecule has 0 spiro atoms. The highest BCUT2D eigenvalue weighted by molar-refractivity contribution is 6.31. The largest absolute Gasteiger partial charge is 0.493 e. The smallest absolute Gasteiger partial charge is 0.416 e. The van der Waals surface area contributed by atoms with Crippen LogP contribution in [0.2, 0.25) is 5.02 Å². The standard InChI is InChI=1S/C42H47ClF3N5O6/c1-24(2)57-36-15-10-26(16-37(36)56-4)41(55)51-21-28-20-50(38(52)17-27-19-48-35-18-30(43)13-14-31(27)35)23-33(32(28)22-51)39(53)49-34(40(54)47-3)7-5-6-25-8-11-29(12-9-25)42(44,45)46/h8-16,18-19,24,28,32-34,48H,5-7,17,20-23H2,1-4H3,(H,47,54)(H,49,53)/t28?,32?,33?,34-/m1/s1. The summed E-state index contributed by atoms with van der Waals surface area (Å²) in [7, 11) is 2.96. The maximum atomic E-state index is 14.3. The summed E-state index contributed by atoms with van der Waals surface area (Å²) in [4.78, 5) is 61.9. The van der Waals surface area contributed by atoms with Crippen LogP contribution in [0.1, 0.15) is 53.7 Å². The molecule has 6 rings (SSSR count). The van der Waals surface area contributed by atoms with Crippen LogP contribution in [0.3, 0.4) is 0 Å². The van der Waals surface area contributed by atoms with Crippen molar-refractivity contribution < 1.29 is 41.8 Å². The van der Waals surface area contributed by atoms with E-state index in [2.05, 4.69) is 15.6 Å². The van der Waals surface area contributed by atoms with Gasteiger partial charge in [-0.15, -0.1) is 0 Å². The Morgan fingerprint density at radius 3 is 2.37 bits per heavy atom. The third-order valence-electron chi connectivity index (χ3n) is 10.8. The zero-order valence-corrected chi connectivity index (χ0v) is 33.0. The number of H-pyrrole nitrogens is 1. The highest BCUT2D eigenvalue weighted by Crippen LogP contribution is 2.38. The maximum absolute atomic E-state index is 14.3. The first kappa shape index (κ1) is 41.4. The first-order valence-corrected chi connectivity index (χ1v) is 19.4. The first-order valence-electron chi connectivity index (χ1n) is 19.0. The predicted octanol–water partition coefficient (Wildman–Crippen LogP) is 6.28. The lowest BCUT2D eigenvalue weighted by Crippen LogP contribution is -2.56. The zero-order chi connectivity index (χ0) is 41.0. The van der Waals surface area contributed by atoms with Gasteiger partial charge < -0.3 is 34.9 Å². The minimum absolute atomic E-state index is 0.0748. The van der Waals surface area contributed by atoms with Gasteiger partial charge in [-0.3, -0.25) is 19.2 Å². The summed E-state index contributed by atoms with van der Waals surface area (Å²) in [6, 6.07) is 14.3. The molecule has 3 unspecified atom stereocenters. The second kappa shape index (κ2) is 17.5. The summed E-state index contributed by atoms with van der Waals surface area (Å²) < 4.78 is 50.5. The average molecular weight is 810 g/mol. The quantitative estimate of drug-likeness (QED) is 0.146. The van der Waals surface area contributed by atoms with E-state index in [9.17, 15) is 32.3 Å². The molecule has 3 N–H and O–H groups in total. The minimum atomic E-state index is -4.44. The number of fused-ring (bicyclic) bond motifs is 2. The van der Waals surface area contributed by atoms with Crippen LogP contribution in [-0.2, 0) is 33.4 Å². The van der Waals surface area contributed by atoms with Crippen LogP contribution in [0, 0.1) is 17.8 Å². The fourth-order valence-electron chi connectivity index (χ4n) is 7.93. The number of methoxy groups -OCH3 is 1. The van der Waals surface area contributed by atoms with Crippen molar-refractivity contribution in [3.8, 4) is 11.5 Å². The van der Waals surface area contributed by atoms with Crippen LogP contribution in [-0.4, -0.2) is 90.9 Å². The molecular formula is C42H47ClF3N5O6. The average Bonchev–Trinajstić information content (AvgIpc) is 3.80. The number of aromatic amines is 1. The van der Waals surface area contributed by atoms with Gasteiger partial charge in [-0.25, -0.2) is 0 Å². The van der Waals surface area contributed by atoms with Crippen molar-refractivity contribution in [3.63, 3.8) is 0 Å². The van der Waals surface area contributed by atoms with Gasteiger partial charge in [0.05, 0.1) is 31.1 Å². The van der Waals surface area contributed by atoms with Gasteiger partial charge in [0.25, 0.3) is 5.91 Å². The maximum Gasteiger partial charge on any atom is 0.416 e. The van der Waals surface area contributed by atoms with Crippen molar-refractivity contribution in [1.82, 2.24) is 25.4 Å². The summed E-state index contributed by atoms with van der Waals surface area (Å²) in [6.45, 7) is 4.77. The Morgan fingerprint density at radius 1 is 0.947 bits per heavy atom. The number of piperidine rings is 1. The van der Waals surface area contributed by atoms with Gasteiger partial charge in [-0.1, -0.05) is 29.8 Å². The number of alkyl halides is 3. The number of aromatic nitrogens is 1. The topological polar surface area (TPSA) is 133 Å². The van der Waals surface area contributed by atoms with Gasteiger partial charge in [-0.05, 0) is 98.5 Å². The van der Waals surface area contributed by atoms with Gasteiger partial charge in [0.15, 0.2) is 11.5 Å². The highest BCUT2D eigenvalue weighted by atomic mass is 35.5. The SMILES string of the molecule is CNC(=O)[C@@H](CCCc1ccc(C(F)(F)F)cc1)NC(=O)C1CN(C(=O)Cc2c[nH]c3cc(Cl)ccc23)CC2CN(C(=O)c3ccc(OC(C)C)c(OC)c3)CC21. The Hall–Kier alpha value is -5.24. The predicted molar refractivity (Wildman–Crippen MR) is 209 cm³/mol. The third kappa shape index (κ3) is 9.66. The zero-order valence-electron chi connectivity index (χ0n) is 32.3. The van der Waals surface area contributed by atoms with Crippen molar-refractivity contribution in [1.29, 1.82) is 0 Å². The van der Waals surface area contributed by atoms with Crippen LogP contribution >= 0.6 is 11.6 Å². The molecule has 57 heavy (non-hydrogen) atoms. The van der Waals surface area contributed by atoms with Gasteiger partial charge in [0, 0.05) is 60.9 Å². The van der Waals surface area contributed by atoms with Crippen LogP contribution in [0.4, 0.5) is 13.2 Å². The van der Waals surface area contributed by atoms with E-state index in [1.165, 1.54) is 26.3 Å². The number of benzene rings is 3. The van der Waals surface area contributed by atoms with Crippen LogP contribution in [0.25, 0.3) is 10.9 Å². The van der Waals surface area contributed by atoms with Gasteiger partial charge in [0.2, 0.25) is 17.7 Å². The van der Waals surface area contributed by atoms with Gasteiger partial charge in [0.1, 0.15) is 6.04 Å². The number of nitrogens with one attached hydrogen (secondary N) is 3. The first-order chi connectivity index (χ1) is 27.1. The number of carbonyl (C=O) groups excluding carboxylic acids is 4. The molecule has 304 valence electrons. The Labute approximate surface area is 334 Å². The number of amides is 4. The van der Waals surface area contributed by atoms with Crippen LogP contribution in [0.15, 0.2) is 66.9 Å². The summed E-state index contributed by atoms with van der Waals surface area (Å²) >= 11 is 6.17. The number of ether oxygens (including phenoxy) is 2. The van der Waals surface area contributed by atoms with Crippen molar-refractivity contribution in [2.45, 2.75) is 57.9 Å². The molecule has 2 aliphatic heterocycles. The number of aryl methyl sites for hydroxylation is 1. The van der Waals surface area contributed by atoms with E-state index in [4.69, 9.17) is 21.1 Å². The lowest BCUT2D eigenvalue weighted by atomic mass is 9.79. The van der Waals surface area contributed by atoms with E-state index >= 15 is 0 Å². The van der Waals surface area contributed by atoms with E-state index in [0.29, 0.717) is 53.6 Å². The molecule has 0 saturated carbocycles. The number of likely N-dealkylation sites (N-methyl/N-ethyl adjacent to an activating group) is 1. The molecule has 2 aliphatic rings. The number of rotatable bonds is 13. The molecule has 3 heterocycles. The fourth-order valence-corrected chi connectivity index (χ4v) is 8.10. The molecule has 4 aromatic rings. The number of hydrogen-bond donors (Lipinski definition) is 3. The lowest BCUT2D eigenvalue weighted by molar-refractivity contribution is -0.140. The fraction of sp³-hybridized carbons (Fsp3) is 0.429. The summed E-state index contributed by atoms with van der Waals surface area (Å²) in [5, 5.41) is 6.94. The third-order valence-corrected chi connectivity index (χ3v) is 11.1. The number of hydrogen-bond acceptors (Lipinski definition) is 6. The lowest BCUT2D eigenvalue weighted by Gasteiger charge is -2.40. The molecule has 0 bridgehead atoms. The molecule has 4 amide bonds. The van der Waals surface area contributed by atoms with E-state index in [1.807, 2.05) is 19.9 Å². The summed E-state index contributed by atoms with van der Waals surface area (Å²) in [5.41, 5.74) is 1.90. The van der Waals surface area contributed by atoms with Crippen molar-refractivity contribution in [2.24, 2.45) is 17.8 Å². The number of likely N-dealkylation sites (tertiary alicyclic amines) is 2. The molecule has 0 radical (unpaired) electrons. The van der Waals surface area contributed by atoms with Gasteiger partial charge >= 0.3 is 6.18 Å². The second-order valence-corrected chi connectivity index (χ2v) is 15.5. The van der Waals surface area contributed by atoms with Crippen molar-refractivity contribution in [2.75, 3.05) is 40.3 Å². The molecule has 0 aliphatic carbocycles. The molecule has 11 nitrogen and oxygen atoms in total. The van der Waals surface area contributed by atoms with Crippen LogP contribution < -0.4 is 20.1 Å². The van der Waals surface area contributed by atoms with E-state index in [-0.39, 0.29) is 55.7 Å². The molecule has 4 atom stereocenters. The van der Waals surface area contributed by atoms with E-state index in [1.54, 1.807) is 46.3 Å². The Kier molecular flexibility index (Phi) is 12.7. The monoisotopic (exact) mass is 809 g/mol. The number of nitrogens with zero attached hydrogens (tertiary/aromatic N) is 2. The Bertz CT molecular complexity index is 2110. The van der Waals surface area contributed by atoms with Gasteiger partial charge in [-0.2, -0.15) is 13.2 Å². The van der Waals surface area contributed by atoms with E-state index < -0.39 is 35.5 Å². The minimum Gasteiger partial charge on any atom is -0.493 e. The van der Waals surface area contributed by atoms with E-state index in [0.717, 1.165) is 28.6 Å². The normalized spacial score (nSPS) is 18.6. The molecular weight excluding hydrogens is 763 g/mol. The van der Waals surface area contributed by atoms with Crippen LogP contribution in [0.5, 0.6) is 11.5 Å². The molecule has 2 fully saturated rings. The molecule has 15 heteroatoms. The molecule has 2 saturated heterocycles. The number of carbonyl (C=O) groups is 4. The van der Waals surface area contributed by atoms with Crippen molar-refractivity contribution >= 4 is 46.1 Å². The highest BCUT2D eigenvalue weighted by Gasteiger charge is 2.48. The summed E-state index contributed by atoms with van der Waals surface area (Å²) in [6.07, 6.45) is -1.67. The Morgan fingerprint density at radius 2 is 1.68 bits per heavy atom.